The number of aromatic hydroxyl groups is 1. The van der Waals surface area contributed by atoms with Crippen LogP contribution >= 0.6 is 11.6 Å². The van der Waals surface area contributed by atoms with Gasteiger partial charge in [0.05, 0.1) is 0 Å². The molecule has 0 radical (unpaired) electrons. The van der Waals surface area contributed by atoms with Crippen LogP contribution < -0.4 is 0 Å². The highest BCUT2D eigenvalue weighted by atomic mass is 35.5. The van der Waals surface area contributed by atoms with Crippen LogP contribution in [0.1, 0.15) is 36.3 Å². The number of phenolic OH excluding ortho intramolecular Hbond substituents is 1. The predicted molar refractivity (Wildman–Crippen MR) is 103 cm³/mol. The molecular weight excluding hydrogens is 350 g/mol. The van der Waals surface area contributed by atoms with E-state index in [9.17, 15) is 9.90 Å². The number of halogens is 1. The minimum Gasteiger partial charge on any atom is -0.508 e. The van der Waals surface area contributed by atoms with E-state index < -0.39 is 0 Å². The van der Waals surface area contributed by atoms with Crippen molar-refractivity contribution in [2.24, 2.45) is 0 Å². The van der Waals surface area contributed by atoms with Gasteiger partial charge in [0, 0.05) is 43.7 Å². The first-order valence-electron chi connectivity index (χ1n) is 8.92. The molecule has 0 bridgehead atoms. The molecule has 0 aromatic heterocycles. The molecule has 1 aliphatic heterocycles. The van der Waals surface area contributed by atoms with Crippen molar-refractivity contribution in [3.05, 3.63) is 64.7 Å². The SMILES string of the molecule is CN(C(=O)CC(c1cccc(O)c1)c1cccc(Cl)c1)C1CCOCC1. The molecule has 1 heterocycles. The molecule has 2 aromatic carbocycles. The summed E-state index contributed by atoms with van der Waals surface area (Å²) in [5, 5.41) is 10.5. The van der Waals surface area contributed by atoms with E-state index in [-0.39, 0.29) is 23.6 Å². The molecule has 4 nitrogen and oxygen atoms in total. The van der Waals surface area contributed by atoms with Crippen LogP contribution in [-0.4, -0.2) is 42.2 Å². The molecule has 138 valence electrons. The number of phenols is 1. The summed E-state index contributed by atoms with van der Waals surface area (Å²) < 4.78 is 5.40. The number of amides is 1. The Morgan fingerprint density at radius 3 is 2.50 bits per heavy atom. The normalized spacial score (nSPS) is 16.2. The molecule has 1 N–H and O–H groups in total. The number of hydrogen-bond acceptors (Lipinski definition) is 3. The van der Waals surface area contributed by atoms with Gasteiger partial charge in [-0.2, -0.15) is 0 Å². The zero-order valence-electron chi connectivity index (χ0n) is 14.9. The van der Waals surface area contributed by atoms with Gasteiger partial charge in [0.25, 0.3) is 0 Å². The molecule has 1 atom stereocenters. The van der Waals surface area contributed by atoms with Crippen molar-refractivity contribution in [3.63, 3.8) is 0 Å². The van der Waals surface area contributed by atoms with Crippen molar-refractivity contribution in [1.29, 1.82) is 0 Å². The summed E-state index contributed by atoms with van der Waals surface area (Å²) in [7, 11) is 1.87. The van der Waals surface area contributed by atoms with Gasteiger partial charge in [0.1, 0.15) is 5.75 Å². The van der Waals surface area contributed by atoms with Crippen LogP contribution in [0.3, 0.4) is 0 Å². The van der Waals surface area contributed by atoms with Crippen LogP contribution in [-0.2, 0) is 9.53 Å². The van der Waals surface area contributed by atoms with E-state index in [0.29, 0.717) is 24.7 Å². The highest BCUT2D eigenvalue weighted by Gasteiger charge is 2.26. The molecule has 2 aromatic rings. The highest BCUT2D eigenvalue weighted by molar-refractivity contribution is 6.30. The fraction of sp³-hybridized carbons (Fsp3) is 0.381. The monoisotopic (exact) mass is 373 g/mol. The van der Waals surface area contributed by atoms with Gasteiger partial charge in [-0.3, -0.25) is 4.79 Å². The molecule has 1 amide bonds. The highest BCUT2D eigenvalue weighted by Crippen LogP contribution is 2.32. The molecule has 26 heavy (non-hydrogen) atoms. The lowest BCUT2D eigenvalue weighted by molar-refractivity contribution is -0.133. The molecule has 0 aliphatic carbocycles. The fourth-order valence-corrected chi connectivity index (χ4v) is 3.69. The Balaban J connectivity index is 1.84. The first-order valence-corrected chi connectivity index (χ1v) is 9.30. The molecule has 0 saturated carbocycles. The topological polar surface area (TPSA) is 49.8 Å². The van der Waals surface area contributed by atoms with Crippen LogP contribution in [0.5, 0.6) is 5.75 Å². The number of hydrogen-bond donors (Lipinski definition) is 1. The molecule has 5 heteroatoms. The molecule has 1 fully saturated rings. The third-order valence-electron chi connectivity index (χ3n) is 5.03. The van der Waals surface area contributed by atoms with Crippen molar-refractivity contribution in [2.45, 2.75) is 31.2 Å². The van der Waals surface area contributed by atoms with E-state index in [2.05, 4.69) is 0 Å². The van der Waals surface area contributed by atoms with Gasteiger partial charge in [-0.05, 0) is 48.2 Å². The second-order valence-electron chi connectivity index (χ2n) is 6.75. The van der Waals surface area contributed by atoms with Crippen LogP contribution in [0.2, 0.25) is 5.02 Å². The Bertz CT molecular complexity index is 713. The van der Waals surface area contributed by atoms with E-state index in [1.54, 1.807) is 18.2 Å². The first kappa shape index (κ1) is 18.7. The van der Waals surface area contributed by atoms with E-state index in [0.717, 1.165) is 24.0 Å². The Morgan fingerprint density at radius 2 is 1.85 bits per heavy atom. The van der Waals surface area contributed by atoms with Crippen molar-refractivity contribution >= 4 is 17.5 Å². The average molecular weight is 374 g/mol. The Labute approximate surface area is 159 Å². The molecule has 1 aliphatic rings. The average Bonchev–Trinajstić information content (AvgIpc) is 2.66. The molecule has 3 rings (SSSR count). The van der Waals surface area contributed by atoms with Gasteiger partial charge in [0.2, 0.25) is 5.91 Å². The van der Waals surface area contributed by atoms with Gasteiger partial charge < -0.3 is 14.7 Å². The molecule has 1 saturated heterocycles. The largest absolute Gasteiger partial charge is 0.508 e. The van der Waals surface area contributed by atoms with Crippen LogP contribution in [0.15, 0.2) is 48.5 Å². The van der Waals surface area contributed by atoms with Crippen LogP contribution in [0.25, 0.3) is 0 Å². The summed E-state index contributed by atoms with van der Waals surface area (Å²) in [6, 6.07) is 14.9. The number of benzene rings is 2. The smallest absolute Gasteiger partial charge is 0.223 e. The van der Waals surface area contributed by atoms with Crippen molar-refractivity contribution in [2.75, 3.05) is 20.3 Å². The summed E-state index contributed by atoms with van der Waals surface area (Å²) in [4.78, 5) is 14.8. The van der Waals surface area contributed by atoms with Gasteiger partial charge in [-0.1, -0.05) is 35.9 Å². The van der Waals surface area contributed by atoms with Gasteiger partial charge >= 0.3 is 0 Å². The lowest BCUT2D eigenvalue weighted by Crippen LogP contribution is -2.41. The lowest BCUT2D eigenvalue weighted by Gasteiger charge is -2.32. The van der Waals surface area contributed by atoms with E-state index in [4.69, 9.17) is 16.3 Å². The summed E-state index contributed by atoms with van der Waals surface area (Å²) in [5.41, 5.74) is 1.87. The maximum absolute atomic E-state index is 13.0. The summed E-state index contributed by atoms with van der Waals surface area (Å²) >= 11 is 6.17. The second-order valence-corrected chi connectivity index (χ2v) is 7.19. The maximum Gasteiger partial charge on any atom is 0.223 e. The van der Waals surface area contributed by atoms with E-state index in [1.165, 1.54) is 0 Å². The lowest BCUT2D eigenvalue weighted by atomic mass is 9.87. The molecular formula is C21H24ClNO3. The number of carbonyl (C=O) groups excluding carboxylic acids is 1. The van der Waals surface area contributed by atoms with Crippen molar-refractivity contribution < 1.29 is 14.6 Å². The zero-order valence-corrected chi connectivity index (χ0v) is 15.7. The number of nitrogens with zero attached hydrogens (tertiary/aromatic N) is 1. The number of rotatable bonds is 5. The quantitative estimate of drug-likeness (QED) is 0.854. The summed E-state index contributed by atoms with van der Waals surface area (Å²) in [6.45, 7) is 1.40. The number of ether oxygens (including phenoxy) is 1. The minimum absolute atomic E-state index is 0.0882. The Morgan fingerprint density at radius 1 is 1.19 bits per heavy atom. The van der Waals surface area contributed by atoms with Gasteiger partial charge in [-0.25, -0.2) is 0 Å². The maximum atomic E-state index is 13.0. The van der Waals surface area contributed by atoms with Crippen molar-refractivity contribution in [1.82, 2.24) is 4.90 Å². The first-order chi connectivity index (χ1) is 12.5. The summed E-state index contributed by atoms with van der Waals surface area (Å²) in [5.74, 6) is 0.126. The standard InChI is InChI=1S/C21H24ClNO3/c1-23(18-8-10-26-11-9-18)21(25)14-20(15-4-2-6-17(22)12-15)16-5-3-7-19(24)13-16/h2-7,12-13,18,20,24H,8-11,14H2,1H3. The van der Waals surface area contributed by atoms with E-state index >= 15 is 0 Å². The third-order valence-corrected chi connectivity index (χ3v) is 5.27. The van der Waals surface area contributed by atoms with Crippen LogP contribution in [0, 0.1) is 0 Å². The van der Waals surface area contributed by atoms with Crippen LogP contribution in [0.4, 0.5) is 0 Å². The third kappa shape index (κ3) is 4.57. The second kappa shape index (κ2) is 8.56. The fourth-order valence-electron chi connectivity index (χ4n) is 3.49. The van der Waals surface area contributed by atoms with Gasteiger partial charge in [0.15, 0.2) is 0 Å². The molecule has 0 spiro atoms. The number of carbonyl (C=O) groups is 1. The zero-order chi connectivity index (χ0) is 18.5. The summed E-state index contributed by atoms with van der Waals surface area (Å²) in [6.07, 6.45) is 2.07. The van der Waals surface area contributed by atoms with E-state index in [1.807, 2.05) is 42.3 Å². The van der Waals surface area contributed by atoms with Gasteiger partial charge in [-0.15, -0.1) is 0 Å². The van der Waals surface area contributed by atoms with Crippen molar-refractivity contribution in [3.8, 4) is 5.75 Å². The minimum atomic E-state index is -0.157. The predicted octanol–water partition coefficient (Wildman–Crippen LogP) is 4.21. The molecule has 1 unspecified atom stereocenters. The Kier molecular flexibility index (Phi) is 6.17. The Hall–Kier alpha value is -2.04.